The summed E-state index contributed by atoms with van der Waals surface area (Å²) in [5.74, 6) is 0.799. The van der Waals surface area contributed by atoms with Gasteiger partial charge >= 0.3 is 0 Å². The standard InChI is InChI=1S/C17H19ClN4O/c18-13-4-5-16-20-17(15-3-1-10-23-15)14(22(16)11-13)12-21-8-2-6-19-7-9-21/h1,3-5,10-11,19H,2,6-9,12H2. The van der Waals surface area contributed by atoms with Crippen LogP contribution >= 0.6 is 11.6 Å². The molecule has 0 aromatic carbocycles. The Balaban J connectivity index is 1.78. The lowest BCUT2D eigenvalue weighted by Crippen LogP contribution is -2.28. The van der Waals surface area contributed by atoms with Crippen molar-refractivity contribution in [2.75, 3.05) is 26.2 Å². The van der Waals surface area contributed by atoms with Crippen LogP contribution in [0, 0.1) is 0 Å². The van der Waals surface area contributed by atoms with Gasteiger partial charge in [0.25, 0.3) is 0 Å². The van der Waals surface area contributed by atoms with E-state index < -0.39 is 0 Å². The summed E-state index contributed by atoms with van der Waals surface area (Å²) in [6.45, 7) is 5.05. The second-order valence-corrected chi connectivity index (χ2v) is 6.28. The van der Waals surface area contributed by atoms with Crippen LogP contribution in [0.3, 0.4) is 0 Å². The van der Waals surface area contributed by atoms with Crippen LogP contribution < -0.4 is 5.32 Å². The summed E-state index contributed by atoms with van der Waals surface area (Å²) in [5.41, 5.74) is 2.91. The van der Waals surface area contributed by atoms with E-state index in [0.717, 1.165) is 61.9 Å². The van der Waals surface area contributed by atoms with E-state index in [4.69, 9.17) is 21.0 Å². The Morgan fingerprint density at radius 3 is 3.04 bits per heavy atom. The van der Waals surface area contributed by atoms with Gasteiger partial charge in [0.2, 0.25) is 0 Å². The lowest BCUT2D eigenvalue weighted by atomic mass is 10.2. The molecule has 0 atom stereocenters. The number of rotatable bonds is 3. The first kappa shape index (κ1) is 14.8. The van der Waals surface area contributed by atoms with Crippen LogP contribution in [0.4, 0.5) is 0 Å². The minimum absolute atomic E-state index is 0.708. The molecule has 1 saturated heterocycles. The third-order valence-corrected chi connectivity index (χ3v) is 4.47. The maximum atomic E-state index is 6.20. The maximum absolute atomic E-state index is 6.20. The summed E-state index contributed by atoms with van der Waals surface area (Å²) in [6, 6.07) is 7.67. The fourth-order valence-corrected chi connectivity index (χ4v) is 3.26. The van der Waals surface area contributed by atoms with E-state index >= 15 is 0 Å². The number of nitrogens with one attached hydrogen (secondary N) is 1. The molecule has 0 radical (unpaired) electrons. The molecule has 1 N–H and O–H groups in total. The van der Waals surface area contributed by atoms with Crippen LogP contribution in [0.1, 0.15) is 12.1 Å². The number of aromatic nitrogens is 2. The molecule has 4 rings (SSSR count). The van der Waals surface area contributed by atoms with Gasteiger partial charge in [-0.15, -0.1) is 0 Å². The van der Waals surface area contributed by atoms with Crippen molar-refractivity contribution in [1.82, 2.24) is 19.6 Å². The number of hydrogen-bond acceptors (Lipinski definition) is 4. The SMILES string of the molecule is Clc1ccc2nc(-c3ccco3)c(CN3CCCNCC3)n2c1. The summed E-state index contributed by atoms with van der Waals surface area (Å²) in [5, 5.41) is 4.15. The van der Waals surface area contributed by atoms with E-state index in [2.05, 4.69) is 14.6 Å². The fraction of sp³-hybridized carbons (Fsp3) is 0.353. The van der Waals surface area contributed by atoms with Crippen molar-refractivity contribution in [3.05, 3.63) is 47.4 Å². The van der Waals surface area contributed by atoms with Gasteiger partial charge in [-0.1, -0.05) is 11.6 Å². The van der Waals surface area contributed by atoms with Crippen molar-refractivity contribution in [3.63, 3.8) is 0 Å². The third kappa shape index (κ3) is 3.00. The molecule has 3 aromatic heterocycles. The zero-order valence-corrected chi connectivity index (χ0v) is 13.6. The van der Waals surface area contributed by atoms with Crippen molar-refractivity contribution in [2.24, 2.45) is 0 Å². The first-order valence-electron chi connectivity index (χ1n) is 7.95. The van der Waals surface area contributed by atoms with Crippen LogP contribution in [0.15, 0.2) is 41.1 Å². The van der Waals surface area contributed by atoms with Gasteiger partial charge in [-0.25, -0.2) is 4.98 Å². The average molecular weight is 331 g/mol. The van der Waals surface area contributed by atoms with Crippen molar-refractivity contribution in [3.8, 4) is 11.5 Å². The van der Waals surface area contributed by atoms with Gasteiger partial charge in [-0.05, 0) is 43.8 Å². The highest BCUT2D eigenvalue weighted by atomic mass is 35.5. The van der Waals surface area contributed by atoms with Crippen molar-refractivity contribution in [2.45, 2.75) is 13.0 Å². The molecule has 120 valence electrons. The molecule has 1 aliphatic heterocycles. The normalized spacial score (nSPS) is 16.7. The van der Waals surface area contributed by atoms with Crippen LogP contribution in [-0.2, 0) is 6.54 Å². The number of imidazole rings is 1. The molecule has 0 spiro atoms. The zero-order valence-electron chi connectivity index (χ0n) is 12.8. The Bertz CT molecular complexity index is 788. The van der Waals surface area contributed by atoms with E-state index in [-0.39, 0.29) is 0 Å². The number of pyridine rings is 1. The number of fused-ring (bicyclic) bond motifs is 1. The molecule has 0 aliphatic carbocycles. The van der Waals surface area contributed by atoms with Crippen LogP contribution in [0.2, 0.25) is 5.02 Å². The Morgan fingerprint density at radius 1 is 1.22 bits per heavy atom. The third-order valence-electron chi connectivity index (χ3n) is 4.24. The second kappa shape index (κ2) is 6.35. The van der Waals surface area contributed by atoms with E-state index in [1.54, 1.807) is 6.26 Å². The molecular formula is C17H19ClN4O. The predicted molar refractivity (Wildman–Crippen MR) is 90.7 cm³/mol. The Hall–Kier alpha value is -1.82. The van der Waals surface area contributed by atoms with Gasteiger partial charge in [0.05, 0.1) is 17.0 Å². The molecule has 23 heavy (non-hydrogen) atoms. The molecule has 0 unspecified atom stereocenters. The van der Waals surface area contributed by atoms with Gasteiger partial charge < -0.3 is 14.1 Å². The van der Waals surface area contributed by atoms with Crippen molar-refractivity contribution in [1.29, 1.82) is 0 Å². The Morgan fingerprint density at radius 2 is 2.17 bits per heavy atom. The lowest BCUT2D eigenvalue weighted by Gasteiger charge is -2.19. The van der Waals surface area contributed by atoms with Crippen molar-refractivity contribution >= 4 is 17.2 Å². The Kier molecular flexibility index (Phi) is 4.08. The van der Waals surface area contributed by atoms with Gasteiger partial charge in [0, 0.05) is 25.8 Å². The van der Waals surface area contributed by atoms with Crippen LogP contribution in [-0.4, -0.2) is 40.5 Å². The van der Waals surface area contributed by atoms with E-state index in [1.807, 2.05) is 30.5 Å². The summed E-state index contributed by atoms with van der Waals surface area (Å²) in [6.07, 6.45) is 4.78. The zero-order chi connectivity index (χ0) is 15.6. The molecule has 4 heterocycles. The minimum Gasteiger partial charge on any atom is -0.463 e. The molecule has 1 fully saturated rings. The average Bonchev–Trinajstić information content (AvgIpc) is 3.10. The van der Waals surface area contributed by atoms with Crippen LogP contribution in [0.25, 0.3) is 17.1 Å². The first-order chi connectivity index (χ1) is 11.3. The highest BCUT2D eigenvalue weighted by Gasteiger charge is 2.19. The van der Waals surface area contributed by atoms with E-state index in [1.165, 1.54) is 0 Å². The number of hydrogen-bond donors (Lipinski definition) is 1. The lowest BCUT2D eigenvalue weighted by molar-refractivity contribution is 0.280. The molecule has 0 saturated carbocycles. The number of furan rings is 1. The molecule has 6 heteroatoms. The van der Waals surface area contributed by atoms with Gasteiger partial charge in [0.15, 0.2) is 5.76 Å². The number of nitrogens with zero attached hydrogens (tertiary/aromatic N) is 3. The summed E-state index contributed by atoms with van der Waals surface area (Å²) in [7, 11) is 0. The highest BCUT2D eigenvalue weighted by molar-refractivity contribution is 6.30. The Labute approximate surface area is 139 Å². The topological polar surface area (TPSA) is 45.7 Å². The molecule has 0 amide bonds. The maximum Gasteiger partial charge on any atom is 0.154 e. The summed E-state index contributed by atoms with van der Waals surface area (Å²) < 4.78 is 7.68. The van der Waals surface area contributed by atoms with E-state index in [0.29, 0.717) is 5.02 Å². The predicted octanol–water partition coefficient (Wildman–Crippen LogP) is 3.04. The largest absolute Gasteiger partial charge is 0.463 e. The smallest absolute Gasteiger partial charge is 0.154 e. The monoisotopic (exact) mass is 330 g/mol. The van der Waals surface area contributed by atoms with Gasteiger partial charge in [-0.2, -0.15) is 0 Å². The van der Waals surface area contributed by atoms with E-state index in [9.17, 15) is 0 Å². The quantitative estimate of drug-likeness (QED) is 0.801. The highest BCUT2D eigenvalue weighted by Crippen LogP contribution is 2.27. The molecule has 0 bridgehead atoms. The minimum atomic E-state index is 0.708. The molecule has 1 aliphatic rings. The molecule has 3 aromatic rings. The molecular weight excluding hydrogens is 312 g/mol. The first-order valence-corrected chi connectivity index (χ1v) is 8.32. The van der Waals surface area contributed by atoms with Crippen LogP contribution in [0.5, 0.6) is 0 Å². The van der Waals surface area contributed by atoms with Gasteiger partial charge in [-0.3, -0.25) is 4.90 Å². The summed E-state index contributed by atoms with van der Waals surface area (Å²) >= 11 is 6.20. The van der Waals surface area contributed by atoms with Crippen molar-refractivity contribution < 1.29 is 4.42 Å². The number of halogens is 1. The molecule has 5 nitrogen and oxygen atoms in total. The summed E-state index contributed by atoms with van der Waals surface area (Å²) in [4.78, 5) is 7.21. The second-order valence-electron chi connectivity index (χ2n) is 5.84. The fourth-order valence-electron chi connectivity index (χ4n) is 3.10. The van der Waals surface area contributed by atoms with Gasteiger partial charge in [0.1, 0.15) is 11.3 Å².